The number of hydrogen-bond acceptors (Lipinski definition) is 8. The molecule has 1 aliphatic heterocycles. The molecule has 2 aromatic heterocycles. The zero-order valence-corrected chi connectivity index (χ0v) is 20.0. The molecular formula is C24H25FN4O5S. The van der Waals surface area contributed by atoms with E-state index in [-0.39, 0.29) is 35.1 Å². The van der Waals surface area contributed by atoms with Crippen LogP contribution in [0.15, 0.2) is 35.3 Å². The average Bonchev–Trinajstić information content (AvgIpc) is 3.59. The Labute approximate surface area is 204 Å². The van der Waals surface area contributed by atoms with Gasteiger partial charge in [-0.1, -0.05) is 23.5 Å². The fraction of sp³-hybridized carbons (Fsp3) is 0.417. The molecule has 5 rings (SSSR count). The first-order valence-electron chi connectivity index (χ1n) is 11.4. The molecule has 0 saturated heterocycles. The molecule has 1 aliphatic carbocycles. The minimum absolute atomic E-state index is 0.0201. The number of methoxy groups -OCH3 is 1. The van der Waals surface area contributed by atoms with Crippen LogP contribution in [0.25, 0.3) is 10.6 Å². The van der Waals surface area contributed by atoms with Crippen LogP contribution < -0.4 is 5.43 Å². The smallest absolute Gasteiger partial charge is 0.274 e. The highest BCUT2D eigenvalue weighted by atomic mass is 32.1. The molecule has 3 heterocycles. The summed E-state index contributed by atoms with van der Waals surface area (Å²) < 4.78 is 25.6. The summed E-state index contributed by atoms with van der Waals surface area (Å²) in [6.45, 7) is 1.55. The van der Waals surface area contributed by atoms with Crippen LogP contribution in [0.1, 0.15) is 39.9 Å². The Morgan fingerprint density at radius 2 is 1.94 bits per heavy atom. The Morgan fingerprint density at radius 3 is 2.66 bits per heavy atom. The standard InChI is InChI=1S/C24H25FN4O5S/c1-33-8-9-34-13-17-11-29(16-6-7-16)24(32)20-22(31)21(30)18(12-28(17)20)23-27-26-19(35-23)10-14-2-4-15(25)5-3-14/h2-5,12,16-17,31H,6-11,13H2,1H3. The number of carbonyl (C=O) groups excluding carboxylic acids is 1. The SMILES string of the molecule is COCCOCC1CN(C2CC2)C(=O)c2c(O)c(=O)c(-c3nnc(Cc4ccc(F)cc4)s3)cn21. The van der Waals surface area contributed by atoms with Crippen LogP contribution in [-0.2, 0) is 15.9 Å². The van der Waals surface area contributed by atoms with Gasteiger partial charge in [0.2, 0.25) is 5.43 Å². The largest absolute Gasteiger partial charge is 0.503 e. The monoisotopic (exact) mass is 500 g/mol. The topological polar surface area (TPSA) is 107 Å². The van der Waals surface area contributed by atoms with Gasteiger partial charge in [0.05, 0.1) is 31.4 Å². The molecular weight excluding hydrogens is 475 g/mol. The first-order valence-corrected chi connectivity index (χ1v) is 12.2. The fourth-order valence-corrected chi connectivity index (χ4v) is 5.09. The van der Waals surface area contributed by atoms with Gasteiger partial charge in [0.25, 0.3) is 5.91 Å². The number of aromatic hydroxyl groups is 1. The van der Waals surface area contributed by atoms with Crippen LogP contribution in [0.4, 0.5) is 4.39 Å². The van der Waals surface area contributed by atoms with E-state index < -0.39 is 11.2 Å². The zero-order valence-electron chi connectivity index (χ0n) is 19.1. The predicted octanol–water partition coefficient (Wildman–Crippen LogP) is 2.62. The summed E-state index contributed by atoms with van der Waals surface area (Å²) in [5.74, 6) is -1.26. The van der Waals surface area contributed by atoms with Gasteiger partial charge in [-0.25, -0.2) is 4.39 Å². The third-order valence-corrected chi connectivity index (χ3v) is 7.13. The first-order chi connectivity index (χ1) is 17.0. The van der Waals surface area contributed by atoms with Crippen LogP contribution in [-0.4, -0.2) is 70.2 Å². The van der Waals surface area contributed by atoms with Crippen molar-refractivity contribution in [1.82, 2.24) is 19.7 Å². The molecule has 0 radical (unpaired) electrons. The Morgan fingerprint density at radius 1 is 1.17 bits per heavy atom. The number of benzene rings is 1. The first kappa shape index (κ1) is 23.6. The van der Waals surface area contributed by atoms with Crippen molar-refractivity contribution < 1.29 is 23.8 Å². The van der Waals surface area contributed by atoms with Crippen molar-refractivity contribution >= 4 is 17.2 Å². The molecule has 9 nitrogen and oxygen atoms in total. The van der Waals surface area contributed by atoms with E-state index in [2.05, 4.69) is 10.2 Å². The number of pyridine rings is 1. The van der Waals surface area contributed by atoms with Gasteiger partial charge in [0.1, 0.15) is 10.8 Å². The van der Waals surface area contributed by atoms with Crippen molar-refractivity contribution in [2.45, 2.75) is 31.3 Å². The van der Waals surface area contributed by atoms with E-state index in [4.69, 9.17) is 9.47 Å². The molecule has 1 amide bonds. The van der Waals surface area contributed by atoms with Gasteiger partial charge in [0, 0.05) is 32.3 Å². The molecule has 184 valence electrons. The second-order valence-corrected chi connectivity index (χ2v) is 9.75. The van der Waals surface area contributed by atoms with Gasteiger partial charge >= 0.3 is 0 Å². The third kappa shape index (κ3) is 4.84. The quantitative estimate of drug-likeness (QED) is 0.450. The summed E-state index contributed by atoms with van der Waals surface area (Å²) in [6.07, 6.45) is 3.83. The highest BCUT2D eigenvalue weighted by Gasteiger charge is 2.41. The van der Waals surface area contributed by atoms with E-state index in [1.807, 2.05) is 0 Å². The summed E-state index contributed by atoms with van der Waals surface area (Å²) in [7, 11) is 1.59. The van der Waals surface area contributed by atoms with E-state index in [9.17, 15) is 19.1 Å². The molecule has 1 unspecified atom stereocenters. The number of amides is 1. The molecule has 0 spiro atoms. The van der Waals surface area contributed by atoms with Gasteiger partial charge in [-0.2, -0.15) is 0 Å². The maximum absolute atomic E-state index is 13.2. The number of halogens is 1. The maximum Gasteiger partial charge on any atom is 0.274 e. The molecule has 11 heteroatoms. The van der Waals surface area contributed by atoms with Crippen LogP contribution in [0.3, 0.4) is 0 Å². The normalized spacial score (nSPS) is 17.6. The van der Waals surface area contributed by atoms with Crippen molar-refractivity contribution in [2.24, 2.45) is 0 Å². The summed E-state index contributed by atoms with van der Waals surface area (Å²) in [5.41, 5.74) is 0.348. The lowest BCUT2D eigenvalue weighted by molar-refractivity contribution is 0.0329. The highest BCUT2D eigenvalue weighted by Crippen LogP contribution is 2.36. The van der Waals surface area contributed by atoms with E-state index in [0.29, 0.717) is 42.8 Å². The van der Waals surface area contributed by atoms with Crippen molar-refractivity contribution in [3.8, 4) is 16.3 Å². The van der Waals surface area contributed by atoms with Crippen molar-refractivity contribution in [3.63, 3.8) is 0 Å². The lowest BCUT2D eigenvalue weighted by Crippen LogP contribution is -2.46. The minimum Gasteiger partial charge on any atom is -0.503 e. The van der Waals surface area contributed by atoms with E-state index in [1.165, 1.54) is 23.5 Å². The summed E-state index contributed by atoms with van der Waals surface area (Å²) >= 11 is 1.22. The van der Waals surface area contributed by atoms with E-state index in [1.54, 1.807) is 34.9 Å². The Kier molecular flexibility index (Phi) is 6.63. The highest BCUT2D eigenvalue weighted by molar-refractivity contribution is 7.14. The number of hydrogen-bond donors (Lipinski definition) is 1. The Hall–Kier alpha value is -3.15. The predicted molar refractivity (Wildman–Crippen MR) is 126 cm³/mol. The van der Waals surface area contributed by atoms with Gasteiger partial charge in [-0.15, -0.1) is 10.2 Å². The number of aromatic nitrogens is 3. The maximum atomic E-state index is 13.2. The molecule has 0 bridgehead atoms. The Bertz CT molecular complexity index is 1290. The number of nitrogens with zero attached hydrogens (tertiary/aromatic N) is 4. The van der Waals surface area contributed by atoms with Crippen LogP contribution >= 0.6 is 11.3 Å². The second kappa shape index (κ2) is 9.84. The van der Waals surface area contributed by atoms with Gasteiger partial charge in [0.15, 0.2) is 16.5 Å². The average molecular weight is 501 g/mol. The van der Waals surface area contributed by atoms with Gasteiger partial charge in [-0.3, -0.25) is 9.59 Å². The minimum atomic E-state index is -0.661. The molecule has 1 aromatic carbocycles. The lowest BCUT2D eigenvalue weighted by atomic mass is 10.1. The third-order valence-electron chi connectivity index (χ3n) is 6.17. The fourth-order valence-electron chi connectivity index (χ4n) is 4.21. The zero-order chi connectivity index (χ0) is 24.5. The lowest BCUT2D eigenvalue weighted by Gasteiger charge is -2.36. The summed E-state index contributed by atoms with van der Waals surface area (Å²) in [5, 5.41) is 20.2. The van der Waals surface area contributed by atoms with Crippen LogP contribution in [0.5, 0.6) is 5.75 Å². The molecule has 1 atom stereocenters. The summed E-state index contributed by atoms with van der Waals surface area (Å²) in [4.78, 5) is 28.0. The molecule has 1 N–H and O–H groups in total. The molecule has 1 saturated carbocycles. The molecule has 35 heavy (non-hydrogen) atoms. The van der Waals surface area contributed by atoms with Gasteiger partial charge in [-0.05, 0) is 30.5 Å². The molecule has 3 aromatic rings. The molecule has 2 aliphatic rings. The van der Waals surface area contributed by atoms with Crippen LogP contribution in [0, 0.1) is 5.82 Å². The number of ether oxygens (including phenoxy) is 2. The number of fused-ring (bicyclic) bond motifs is 1. The van der Waals surface area contributed by atoms with E-state index >= 15 is 0 Å². The number of carbonyl (C=O) groups is 1. The second-order valence-electron chi connectivity index (χ2n) is 8.69. The van der Waals surface area contributed by atoms with Gasteiger partial charge < -0.3 is 24.0 Å². The number of rotatable bonds is 9. The van der Waals surface area contributed by atoms with Crippen molar-refractivity contribution in [2.75, 3.05) is 33.5 Å². The molecule has 1 fully saturated rings. The van der Waals surface area contributed by atoms with Crippen molar-refractivity contribution in [1.29, 1.82) is 0 Å². The Balaban J connectivity index is 1.48. The summed E-state index contributed by atoms with van der Waals surface area (Å²) in [6, 6.07) is 5.94. The van der Waals surface area contributed by atoms with E-state index in [0.717, 1.165) is 18.4 Å². The van der Waals surface area contributed by atoms with Crippen LogP contribution in [0.2, 0.25) is 0 Å². The van der Waals surface area contributed by atoms with Crippen molar-refractivity contribution in [3.05, 3.63) is 62.8 Å².